The van der Waals surface area contributed by atoms with E-state index < -0.39 is 0 Å². The fourth-order valence-corrected chi connectivity index (χ4v) is 2.41. The van der Waals surface area contributed by atoms with Crippen LogP contribution in [0.25, 0.3) is 0 Å². The predicted molar refractivity (Wildman–Crippen MR) is 96.8 cm³/mol. The predicted octanol–water partition coefficient (Wildman–Crippen LogP) is 4.99. The van der Waals surface area contributed by atoms with Crippen LogP contribution in [0.2, 0.25) is 0 Å². The van der Waals surface area contributed by atoms with Gasteiger partial charge >= 0.3 is 0 Å². The van der Waals surface area contributed by atoms with E-state index in [1.165, 1.54) is 31.7 Å². The van der Waals surface area contributed by atoms with Gasteiger partial charge in [0, 0.05) is 17.3 Å². The van der Waals surface area contributed by atoms with Crippen molar-refractivity contribution in [3.63, 3.8) is 0 Å². The normalized spacial score (nSPS) is 10.4. The number of hydrogen-bond acceptors (Lipinski definition) is 3. The van der Waals surface area contributed by atoms with Gasteiger partial charge in [-0.1, -0.05) is 44.7 Å². The van der Waals surface area contributed by atoms with E-state index in [-0.39, 0.29) is 11.7 Å². The maximum atomic E-state index is 12.3. The second-order valence-corrected chi connectivity index (χ2v) is 5.79. The summed E-state index contributed by atoms with van der Waals surface area (Å²) in [6.07, 6.45) is 5.94. The molecule has 1 amide bonds. The summed E-state index contributed by atoms with van der Waals surface area (Å²) in [5, 5.41) is 12.2. The van der Waals surface area contributed by atoms with Gasteiger partial charge in [0.2, 0.25) is 0 Å². The Hall–Kier alpha value is -2.49. The Morgan fingerprint density at radius 1 is 1.04 bits per heavy atom. The second kappa shape index (κ2) is 9.60. The van der Waals surface area contributed by atoms with E-state index in [1.807, 2.05) is 12.1 Å². The Morgan fingerprint density at radius 3 is 2.62 bits per heavy atom. The van der Waals surface area contributed by atoms with Crippen molar-refractivity contribution < 1.29 is 14.6 Å². The van der Waals surface area contributed by atoms with E-state index in [9.17, 15) is 9.90 Å². The maximum Gasteiger partial charge on any atom is 0.255 e. The number of anilines is 1. The zero-order valence-electron chi connectivity index (χ0n) is 14.1. The summed E-state index contributed by atoms with van der Waals surface area (Å²) in [6, 6.07) is 13.6. The minimum atomic E-state index is -0.228. The van der Waals surface area contributed by atoms with Crippen molar-refractivity contribution in [2.45, 2.75) is 39.0 Å². The molecule has 2 rings (SSSR count). The van der Waals surface area contributed by atoms with Crippen LogP contribution in [-0.2, 0) is 0 Å². The molecule has 2 N–H and O–H groups in total. The van der Waals surface area contributed by atoms with Gasteiger partial charge in [-0.15, -0.1) is 0 Å². The van der Waals surface area contributed by atoms with Gasteiger partial charge in [0.1, 0.15) is 11.5 Å². The third-order valence-corrected chi connectivity index (χ3v) is 3.72. The van der Waals surface area contributed by atoms with E-state index >= 15 is 0 Å². The van der Waals surface area contributed by atoms with Crippen LogP contribution in [-0.4, -0.2) is 17.6 Å². The van der Waals surface area contributed by atoms with Crippen LogP contribution in [0.1, 0.15) is 49.4 Å². The van der Waals surface area contributed by atoms with E-state index in [1.54, 1.807) is 30.3 Å². The molecule has 0 saturated carbocycles. The SMILES string of the molecule is CCCCCCCOc1cccc(C(=O)Nc2cccc(O)c2)c1. The summed E-state index contributed by atoms with van der Waals surface area (Å²) in [5.74, 6) is 0.594. The topological polar surface area (TPSA) is 58.6 Å². The zero-order chi connectivity index (χ0) is 17.2. The quantitative estimate of drug-likeness (QED) is 0.638. The van der Waals surface area contributed by atoms with Crippen molar-refractivity contribution in [3.05, 3.63) is 54.1 Å². The van der Waals surface area contributed by atoms with Gasteiger partial charge in [-0.05, 0) is 36.8 Å². The lowest BCUT2D eigenvalue weighted by atomic mass is 10.1. The number of ether oxygens (including phenoxy) is 1. The number of phenols is 1. The van der Waals surface area contributed by atoms with Crippen LogP contribution in [0.5, 0.6) is 11.5 Å². The lowest BCUT2D eigenvalue weighted by molar-refractivity contribution is 0.102. The molecule has 0 bridgehead atoms. The molecule has 0 atom stereocenters. The average molecular weight is 327 g/mol. The van der Waals surface area contributed by atoms with Crippen molar-refractivity contribution >= 4 is 11.6 Å². The summed E-state index contributed by atoms with van der Waals surface area (Å²) in [6.45, 7) is 2.87. The van der Waals surface area contributed by atoms with Crippen LogP contribution >= 0.6 is 0 Å². The van der Waals surface area contributed by atoms with E-state index in [4.69, 9.17) is 4.74 Å². The van der Waals surface area contributed by atoms with Gasteiger partial charge < -0.3 is 15.2 Å². The molecule has 4 nitrogen and oxygen atoms in total. The van der Waals surface area contributed by atoms with Crippen molar-refractivity contribution in [3.8, 4) is 11.5 Å². The van der Waals surface area contributed by atoms with Crippen molar-refractivity contribution in [1.29, 1.82) is 0 Å². The number of phenolic OH excluding ortho intramolecular Hbond substituents is 1. The van der Waals surface area contributed by atoms with Crippen LogP contribution in [0.4, 0.5) is 5.69 Å². The molecule has 0 aromatic heterocycles. The summed E-state index contributed by atoms with van der Waals surface area (Å²) < 4.78 is 5.73. The average Bonchev–Trinajstić information content (AvgIpc) is 2.58. The molecule has 0 aliphatic carbocycles. The Labute approximate surface area is 143 Å². The molecule has 128 valence electrons. The molecule has 24 heavy (non-hydrogen) atoms. The monoisotopic (exact) mass is 327 g/mol. The number of rotatable bonds is 9. The van der Waals surface area contributed by atoms with Gasteiger partial charge in [0.15, 0.2) is 0 Å². The number of benzene rings is 2. The first-order valence-electron chi connectivity index (χ1n) is 8.52. The summed E-state index contributed by atoms with van der Waals surface area (Å²) in [7, 11) is 0. The molecule has 2 aromatic rings. The highest BCUT2D eigenvalue weighted by Crippen LogP contribution is 2.18. The molecule has 0 aliphatic heterocycles. The molecule has 2 aromatic carbocycles. The number of nitrogens with one attached hydrogen (secondary N) is 1. The highest BCUT2D eigenvalue weighted by atomic mass is 16.5. The third kappa shape index (κ3) is 5.95. The molecule has 0 radical (unpaired) electrons. The Bertz CT molecular complexity index is 655. The van der Waals surface area contributed by atoms with Gasteiger partial charge in [-0.25, -0.2) is 0 Å². The van der Waals surface area contributed by atoms with E-state index in [0.717, 1.165) is 6.42 Å². The molecule has 0 heterocycles. The van der Waals surface area contributed by atoms with Crippen molar-refractivity contribution in [1.82, 2.24) is 0 Å². The van der Waals surface area contributed by atoms with Gasteiger partial charge in [0.25, 0.3) is 5.91 Å². The fraction of sp³-hybridized carbons (Fsp3) is 0.350. The molecular weight excluding hydrogens is 302 g/mol. The van der Waals surface area contributed by atoms with Crippen LogP contribution in [0, 0.1) is 0 Å². The molecular formula is C20H25NO3. The standard InChI is InChI=1S/C20H25NO3/c1-2-3-4-5-6-13-24-19-12-7-9-16(14-19)20(23)21-17-10-8-11-18(22)15-17/h7-12,14-15,22H,2-6,13H2,1H3,(H,21,23). The van der Waals surface area contributed by atoms with E-state index in [0.29, 0.717) is 23.6 Å². The first-order chi connectivity index (χ1) is 11.7. The minimum absolute atomic E-state index is 0.118. The molecule has 0 aliphatic rings. The largest absolute Gasteiger partial charge is 0.508 e. The number of aromatic hydroxyl groups is 1. The van der Waals surface area contributed by atoms with Crippen molar-refractivity contribution in [2.75, 3.05) is 11.9 Å². The van der Waals surface area contributed by atoms with E-state index in [2.05, 4.69) is 12.2 Å². The minimum Gasteiger partial charge on any atom is -0.508 e. The number of carbonyl (C=O) groups excluding carboxylic acids is 1. The number of carbonyl (C=O) groups is 1. The van der Waals surface area contributed by atoms with Crippen LogP contribution in [0.15, 0.2) is 48.5 Å². The Kier molecular flexibility index (Phi) is 7.15. The van der Waals surface area contributed by atoms with Crippen LogP contribution in [0.3, 0.4) is 0 Å². The third-order valence-electron chi connectivity index (χ3n) is 3.72. The number of amides is 1. The van der Waals surface area contributed by atoms with Crippen LogP contribution < -0.4 is 10.1 Å². The molecule has 0 saturated heterocycles. The van der Waals surface area contributed by atoms with Gasteiger partial charge in [-0.2, -0.15) is 0 Å². The fourth-order valence-electron chi connectivity index (χ4n) is 2.41. The highest BCUT2D eigenvalue weighted by molar-refractivity contribution is 6.04. The number of hydrogen-bond donors (Lipinski definition) is 2. The summed E-state index contributed by atoms with van der Waals surface area (Å²) in [4.78, 5) is 12.3. The second-order valence-electron chi connectivity index (χ2n) is 5.79. The number of unbranched alkanes of at least 4 members (excludes halogenated alkanes) is 4. The zero-order valence-corrected chi connectivity index (χ0v) is 14.1. The Morgan fingerprint density at radius 2 is 1.83 bits per heavy atom. The molecule has 0 fully saturated rings. The van der Waals surface area contributed by atoms with Gasteiger partial charge in [0.05, 0.1) is 6.61 Å². The first-order valence-corrected chi connectivity index (χ1v) is 8.52. The molecule has 4 heteroatoms. The highest BCUT2D eigenvalue weighted by Gasteiger charge is 2.07. The first kappa shape index (κ1) is 17.9. The van der Waals surface area contributed by atoms with Gasteiger partial charge in [-0.3, -0.25) is 4.79 Å². The Balaban J connectivity index is 1.86. The summed E-state index contributed by atoms with van der Waals surface area (Å²) >= 11 is 0. The smallest absolute Gasteiger partial charge is 0.255 e. The molecule has 0 unspecified atom stereocenters. The maximum absolute atomic E-state index is 12.3. The van der Waals surface area contributed by atoms with Crippen molar-refractivity contribution in [2.24, 2.45) is 0 Å². The lowest BCUT2D eigenvalue weighted by Crippen LogP contribution is -2.12. The summed E-state index contributed by atoms with van der Waals surface area (Å²) in [5.41, 5.74) is 1.09. The lowest BCUT2D eigenvalue weighted by Gasteiger charge is -2.09. The molecule has 0 spiro atoms.